The number of hydrogen-bond donors (Lipinski definition) is 2. The summed E-state index contributed by atoms with van der Waals surface area (Å²) in [6.07, 6.45) is 5.80. The molecule has 2 N–H and O–H groups in total. The zero-order valence-electron chi connectivity index (χ0n) is 11.0. The summed E-state index contributed by atoms with van der Waals surface area (Å²) < 4.78 is 0. The van der Waals surface area contributed by atoms with E-state index in [-0.39, 0.29) is 0 Å². The lowest BCUT2D eigenvalue weighted by Gasteiger charge is -2.26. The maximum Gasteiger partial charge on any atom is 0.166 e. The first-order valence-corrected chi connectivity index (χ1v) is 7.31. The zero-order chi connectivity index (χ0) is 12.8. The number of hydrogen-bond acceptors (Lipinski definition) is 1. The molecule has 0 spiro atoms. The lowest BCUT2D eigenvalue weighted by Crippen LogP contribution is -2.44. The predicted molar refractivity (Wildman–Crippen MR) is 80.9 cm³/mol. The number of rotatable bonds is 4. The Labute approximate surface area is 115 Å². The molecule has 1 aliphatic rings. The van der Waals surface area contributed by atoms with E-state index in [0.29, 0.717) is 6.04 Å². The molecule has 1 aromatic rings. The molecular formula is C15H22N2S. The van der Waals surface area contributed by atoms with Crippen molar-refractivity contribution in [3.63, 3.8) is 0 Å². The van der Waals surface area contributed by atoms with E-state index < -0.39 is 0 Å². The summed E-state index contributed by atoms with van der Waals surface area (Å²) >= 11 is 5.32. The van der Waals surface area contributed by atoms with E-state index in [1.807, 2.05) is 0 Å². The molecule has 18 heavy (non-hydrogen) atoms. The van der Waals surface area contributed by atoms with Crippen LogP contribution in [0.4, 0.5) is 0 Å². The maximum atomic E-state index is 5.32. The van der Waals surface area contributed by atoms with Crippen LogP contribution < -0.4 is 10.6 Å². The van der Waals surface area contributed by atoms with Crippen LogP contribution in [0.15, 0.2) is 24.3 Å². The molecule has 0 saturated heterocycles. The second-order valence-electron chi connectivity index (χ2n) is 4.96. The predicted octanol–water partition coefficient (Wildman–Crippen LogP) is 2.81. The van der Waals surface area contributed by atoms with Gasteiger partial charge in [0.05, 0.1) is 0 Å². The fraction of sp³-hybridized carbons (Fsp3) is 0.533. The third-order valence-electron chi connectivity index (χ3n) is 3.50. The Morgan fingerprint density at radius 2 is 2.11 bits per heavy atom. The highest BCUT2D eigenvalue weighted by molar-refractivity contribution is 7.80. The van der Waals surface area contributed by atoms with E-state index in [9.17, 15) is 0 Å². The number of aryl methyl sites for hydroxylation is 1. The quantitative estimate of drug-likeness (QED) is 0.644. The van der Waals surface area contributed by atoms with Gasteiger partial charge in [-0.25, -0.2) is 0 Å². The molecule has 0 heterocycles. The molecule has 1 atom stereocenters. The van der Waals surface area contributed by atoms with E-state index in [4.69, 9.17) is 12.2 Å². The van der Waals surface area contributed by atoms with E-state index in [1.165, 1.54) is 30.4 Å². The Morgan fingerprint density at radius 1 is 1.33 bits per heavy atom. The third-order valence-corrected chi connectivity index (χ3v) is 3.76. The molecule has 1 unspecified atom stereocenters. The number of benzene rings is 1. The van der Waals surface area contributed by atoms with Crippen molar-refractivity contribution < 1.29 is 0 Å². The first-order valence-electron chi connectivity index (χ1n) is 6.90. The van der Waals surface area contributed by atoms with Gasteiger partial charge in [0.15, 0.2) is 5.11 Å². The van der Waals surface area contributed by atoms with Crippen molar-refractivity contribution in [2.75, 3.05) is 6.54 Å². The molecular weight excluding hydrogens is 240 g/mol. The summed E-state index contributed by atoms with van der Waals surface area (Å²) in [4.78, 5) is 0. The highest BCUT2D eigenvalue weighted by Crippen LogP contribution is 2.20. The topological polar surface area (TPSA) is 24.1 Å². The van der Waals surface area contributed by atoms with Gasteiger partial charge >= 0.3 is 0 Å². The van der Waals surface area contributed by atoms with Crippen LogP contribution in [0, 0.1) is 0 Å². The molecule has 0 aliphatic heterocycles. The van der Waals surface area contributed by atoms with Gasteiger partial charge in [0.1, 0.15) is 0 Å². The molecule has 3 heteroatoms. The third kappa shape index (κ3) is 3.70. The molecule has 0 fully saturated rings. The molecule has 98 valence electrons. The number of thiocarbonyl (C=S) groups is 1. The molecule has 0 aromatic heterocycles. The Kier molecular flexibility index (Phi) is 5.00. The summed E-state index contributed by atoms with van der Waals surface area (Å²) in [5.41, 5.74) is 2.97. The Hall–Kier alpha value is -1.09. The zero-order valence-corrected chi connectivity index (χ0v) is 11.9. The summed E-state index contributed by atoms with van der Waals surface area (Å²) in [6, 6.07) is 9.21. The van der Waals surface area contributed by atoms with Crippen LogP contribution in [0.3, 0.4) is 0 Å². The number of fused-ring (bicyclic) bond motifs is 1. The minimum absolute atomic E-state index is 0.488. The summed E-state index contributed by atoms with van der Waals surface area (Å²) in [5, 5.41) is 7.53. The lowest BCUT2D eigenvalue weighted by molar-refractivity contribution is 0.524. The molecule has 1 aromatic carbocycles. The van der Waals surface area contributed by atoms with Gasteiger partial charge in [-0.1, -0.05) is 37.6 Å². The first kappa shape index (κ1) is 13.3. The minimum Gasteiger partial charge on any atom is -0.363 e. The largest absolute Gasteiger partial charge is 0.363 e. The van der Waals surface area contributed by atoms with Crippen LogP contribution in [0.5, 0.6) is 0 Å². The van der Waals surface area contributed by atoms with Crippen molar-refractivity contribution in [3.05, 3.63) is 35.4 Å². The molecule has 0 amide bonds. The molecule has 0 bridgehead atoms. The van der Waals surface area contributed by atoms with Crippen LogP contribution in [0.25, 0.3) is 0 Å². The van der Waals surface area contributed by atoms with Crippen LogP contribution >= 0.6 is 12.2 Å². The van der Waals surface area contributed by atoms with Gasteiger partial charge < -0.3 is 10.6 Å². The number of nitrogens with one attached hydrogen (secondary N) is 2. The number of unbranched alkanes of at least 4 members (excludes halogenated alkanes) is 1. The second-order valence-corrected chi connectivity index (χ2v) is 5.37. The Balaban J connectivity index is 1.80. The Morgan fingerprint density at radius 3 is 2.89 bits per heavy atom. The average molecular weight is 262 g/mol. The fourth-order valence-corrected chi connectivity index (χ4v) is 2.70. The van der Waals surface area contributed by atoms with Crippen LogP contribution in [-0.2, 0) is 12.8 Å². The highest BCUT2D eigenvalue weighted by Gasteiger charge is 2.18. The maximum absolute atomic E-state index is 5.32. The summed E-state index contributed by atoms with van der Waals surface area (Å²) in [6.45, 7) is 3.17. The van der Waals surface area contributed by atoms with E-state index in [1.54, 1.807) is 0 Å². The van der Waals surface area contributed by atoms with E-state index in [2.05, 4.69) is 41.8 Å². The second kappa shape index (κ2) is 6.74. The summed E-state index contributed by atoms with van der Waals surface area (Å²) in [5.74, 6) is 0. The minimum atomic E-state index is 0.488. The fourth-order valence-electron chi connectivity index (χ4n) is 2.44. The summed E-state index contributed by atoms with van der Waals surface area (Å²) in [7, 11) is 0. The molecule has 2 nitrogen and oxygen atoms in total. The molecule has 0 saturated carbocycles. The van der Waals surface area contributed by atoms with Gasteiger partial charge in [-0.3, -0.25) is 0 Å². The van der Waals surface area contributed by atoms with Crippen molar-refractivity contribution in [1.29, 1.82) is 0 Å². The van der Waals surface area contributed by atoms with Crippen LogP contribution in [0.1, 0.15) is 37.3 Å². The van der Waals surface area contributed by atoms with Gasteiger partial charge in [0.2, 0.25) is 0 Å². The van der Waals surface area contributed by atoms with Crippen LogP contribution in [0.2, 0.25) is 0 Å². The normalized spacial score (nSPS) is 17.9. The first-order chi connectivity index (χ1) is 8.79. The highest BCUT2D eigenvalue weighted by atomic mass is 32.1. The monoisotopic (exact) mass is 262 g/mol. The van der Waals surface area contributed by atoms with E-state index in [0.717, 1.165) is 24.5 Å². The molecule has 1 aliphatic carbocycles. The van der Waals surface area contributed by atoms with Crippen molar-refractivity contribution in [2.45, 2.75) is 45.1 Å². The van der Waals surface area contributed by atoms with Gasteiger partial charge in [0, 0.05) is 12.6 Å². The smallest absolute Gasteiger partial charge is 0.166 e. The van der Waals surface area contributed by atoms with Crippen molar-refractivity contribution in [1.82, 2.24) is 10.6 Å². The van der Waals surface area contributed by atoms with Gasteiger partial charge in [-0.05, 0) is 49.0 Å². The van der Waals surface area contributed by atoms with Crippen molar-refractivity contribution >= 4 is 17.3 Å². The van der Waals surface area contributed by atoms with E-state index >= 15 is 0 Å². The molecule has 0 radical (unpaired) electrons. The SMILES string of the molecule is CCCCNC(=S)NC1CCc2ccccc2C1. The lowest BCUT2D eigenvalue weighted by atomic mass is 9.88. The molecule has 2 rings (SSSR count). The van der Waals surface area contributed by atoms with Crippen LogP contribution in [-0.4, -0.2) is 17.7 Å². The van der Waals surface area contributed by atoms with Gasteiger partial charge in [-0.15, -0.1) is 0 Å². The van der Waals surface area contributed by atoms with Crippen molar-refractivity contribution in [3.8, 4) is 0 Å². The average Bonchev–Trinajstić information content (AvgIpc) is 2.39. The van der Waals surface area contributed by atoms with Gasteiger partial charge in [-0.2, -0.15) is 0 Å². The van der Waals surface area contributed by atoms with Gasteiger partial charge in [0.25, 0.3) is 0 Å². The standard InChI is InChI=1S/C15H22N2S/c1-2-3-10-16-15(18)17-14-9-8-12-6-4-5-7-13(12)11-14/h4-7,14H,2-3,8-11H2,1H3,(H2,16,17,18). The van der Waals surface area contributed by atoms with Crippen molar-refractivity contribution in [2.24, 2.45) is 0 Å². The Bertz CT molecular complexity index is 403.